The fourth-order valence-corrected chi connectivity index (χ4v) is 5.70. The molecule has 0 unspecified atom stereocenters. The van der Waals surface area contributed by atoms with E-state index in [2.05, 4.69) is 15.3 Å². The van der Waals surface area contributed by atoms with Crippen molar-refractivity contribution in [2.24, 2.45) is 0 Å². The second-order valence-electron chi connectivity index (χ2n) is 10.9. The highest BCUT2D eigenvalue weighted by Crippen LogP contribution is 2.36. The van der Waals surface area contributed by atoms with Crippen LogP contribution in [0.25, 0.3) is 22.3 Å². The molecule has 1 aliphatic carbocycles. The van der Waals surface area contributed by atoms with E-state index in [9.17, 15) is 9.59 Å². The van der Waals surface area contributed by atoms with E-state index in [1.807, 2.05) is 35.0 Å². The summed E-state index contributed by atoms with van der Waals surface area (Å²) in [6.07, 6.45) is 4.23. The number of benzene rings is 3. The van der Waals surface area contributed by atoms with Crippen LogP contribution in [0.4, 0.5) is 5.82 Å². The molecule has 1 aliphatic rings. The van der Waals surface area contributed by atoms with Crippen LogP contribution in [0.15, 0.2) is 79.1 Å². The number of nitrogens with zero attached hydrogens (tertiary/aromatic N) is 4. The summed E-state index contributed by atoms with van der Waals surface area (Å²) in [4.78, 5) is 34.2. The maximum Gasteiger partial charge on any atom is 0.338 e. The number of ether oxygens (including phenoxy) is 3. The second-order valence-corrected chi connectivity index (χ2v) is 10.9. The minimum absolute atomic E-state index is 0.0657. The largest absolute Gasteiger partial charge is 0.497 e. The van der Waals surface area contributed by atoms with Gasteiger partial charge in [0.2, 0.25) is 0 Å². The lowest BCUT2D eigenvalue weighted by Crippen LogP contribution is -2.26. The van der Waals surface area contributed by atoms with Crippen molar-refractivity contribution in [3.05, 3.63) is 95.8 Å². The zero-order valence-electron chi connectivity index (χ0n) is 25.1. The summed E-state index contributed by atoms with van der Waals surface area (Å²) < 4.78 is 18.2. The Morgan fingerprint density at radius 2 is 1.64 bits per heavy atom. The fraction of sp³-hybridized carbons (Fsp3) is 0.265. The van der Waals surface area contributed by atoms with Gasteiger partial charge >= 0.3 is 5.97 Å². The number of nitrogens with one attached hydrogen (secondary N) is 1. The molecule has 1 fully saturated rings. The van der Waals surface area contributed by atoms with Crippen LogP contribution in [-0.4, -0.2) is 51.9 Å². The smallest absolute Gasteiger partial charge is 0.338 e. The third kappa shape index (κ3) is 6.28. The average Bonchev–Trinajstić information content (AvgIpc) is 3.48. The standard InChI is InChI=1S/C34H34N6O5/c1-43-25-15-11-23(12-16-25)34(42)45-26-17-13-24(14-18-26)40-32-29(31(35)37-20-38-32)30(39-40)22-9-7-21(8-10-22)19-36-33(41)27-5-3-4-6-28(27)44-2/h3-12,15-16,20,24,26H,13-14,17-19H2,1-2H3,(H,36,41)(H2,35,37,38). The average molecular weight is 607 g/mol. The number of fused-ring (bicyclic) bond motifs is 1. The minimum Gasteiger partial charge on any atom is -0.497 e. The van der Waals surface area contributed by atoms with Gasteiger partial charge in [0.1, 0.15) is 35.4 Å². The van der Waals surface area contributed by atoms with Crippen molar-refractivity contribution < 1.29 is 23.8 Å². The maximum atomic E-state index is 12.7. The van der Waals surface area contributed by atoms with E-state index in [0.29, 0.717) is 64.6 Å². The molecule has 11 nitrogen and oxygen atoms in total. The Morgan fingerprint density at radius 1 is 0.911 bits per heavy atom. The predicted molar refractivity (Wildman–Crippen MR) is 169 cm³/mol. The first-order chi connectivity index (χ1) is 21.9. The quantitative estimate of drug-likeness (QED) is 0.212. The number of hydrogen-bond donors (Lipinski definition) is 2. The number of aromatic nitrogens is 4. The van der Waals surface area contributed by atoms with Gasteiger partial charge < -0.3 is 25.3 Å². The monoisotopic (exact) mass is 606 g/mol. The van der Waals surface area contributed by atoms with E-state index in [1.54, 1.807) is 56.7 Å². The van der Waals surface area contributed by atoms with Gasteiger partial charge in [-0.2, -0.15) is 5.10 Å². The lowest BCUT2D eigenvalue weighted by molar-refractivity contribution is 0.0168. The number of rotatable bonds is 9. The molecule has 6 rings (SSSR count). The molecule has 2 heterocycles. The van der Waals surface area contributed by atoms with Gasteiger partial charge in [-0.15, -0.1) is 0 Å². The summed E-state index contributed by atoms with van der Waals surface area (Å²) in [7, 11) is 3.13. The Hall–Kier alpha value is -5.45. The van der Waals surface area contributed by atoms with E-state index in [-0.39, 0.29) is 24.0 Å². The molecule has 3 aromatic carbocycles. The SMILES string of the molecule is COc1ccc(C(=O)OC2CCC(n3nc(-c4ccc(CNC(=O)c5ccccc5OC)cc4)c4c(N)ncnc43)CC2)cc1. The number of amides is 1. The van der Waals surface area contributed by atoms with Crippen LogP contribution in [0.1, 0.15) is 58.0 Å². The van der Waals surface area contributed by atoms with Crippen LogP contribution >= 0.6 is 0 Å². The lowest BCUT2D eigenvalue weighted by Gasteiger charge is -2.28. The van der Waals surface area contributed by atoms with Crippen molar-refractivity contribution in [3.63, 3.8) is 0 Å². The Morgan fingerprint density at radius 3 is 2.36 bits per heavy atom. The van der Waals surface area contributed by atoms with Gasteiger partial charge in [-0.25, -0.2) is 19.4 Å². The molecule has 0 bridgehead atoms. The van der Waals surface area contributed by atoms with Gasteiger partial charge in [0.15, 0.2) is 5.65 Å². The normalized spacial score (nSPS) is 16.2. The summed E-state index contributed by atoms with van der Waals surface area (Å²) >= 11 is 0. The lowest BCUT2D eigenvalue weighted by atomic mass is 9.93. The van der Waals surface area contributed by atoms with Gasteiger partial charge in [0, 0.05) is 12.1 Å². The van der Waals surface area contributed by atoms with Crippen molar-refractivity contribution in [1.29, 1.82) is 0 Å². The maximum absolute atomic E-state index is 12.7. The predicted octanol–water partition coefficient (Wildman–Crippen LogP) is 5.36. The third-order valence-corrected chi connectivity index (χ3v) is 8.14. The first kappa shape index (κ1) is 29.6. The summed E-state index contributed by atoms with van der Waals surface area (Å²) in [5.74, 6) is 1.02. The molecule has 0 saturated heterocycles. The van der Waals surface area contributed by atoms with Crippen molar-refractivity contribution >= 4 is 28.7 Å². The molecule has 0 aliphatic heterocycles. The highest BCUT2D eigenvalue weighted by Gasteiger charge is 2.29. The molecule has 1 saturated carbocycles. The van der Waals surface area contributed by atoms with Gasteiger partial charge in [-0.3, -0.25) is 4.79 Å². The molecule has 3 N–H and O–H groups in total. The number of nitrogen functional groups attached to an aromatic ring is 1. The van der Waals surface area contributed by atoms with Gasteiger partial charge in [0.25, 0.3) is 5.91 Å². The Balaban J connectivity index is 1.14. The molecular formula is C34H34N6O5. The summed E-state index contributed by atoms with van der Waals surface area (Å²) in [5, 5.41) is 8.63. The van der Waals surface area contributed by atoms with E-state index in [4.69, 9.17) is 25.0 Å². The Bertz CT molecular complexity index is 1810. The third-order valence-electron chi connectivity index (χ3n) is 8.14. The topological polar surface area (TPSA) is 143 Å². The molecule has 11 heteroatoms. The molecular weight excluding hydrogens is 572 g/mol. The van der Waals surface area contributed by atoms with Crippen LogP contribution in [0.2, 0.25) is 0 Å². The number of methoxy groups -OCH3 is 2. The van der Waals surface area contributed by atoms with Crippen molar-refractivity contribution in [2.75, 3.05) is 20.0 Å². The molecule has 45 heavy (non-hydrogen) atoms. The van der Waals surface area contributed by atoms with Crippen molar-refractivity contribution in [3.8, 4) is 22.8 Å². The van der Waals surface area contributed by atoms with Crippen LogP contribution in [-0.2, 0) is 11.3 Å². The molecule has 1 amide bonds. The molecule has 2 aromatic heterocycles. The summed E-state index contributed by atoms with van der Waals surface area (Å²) in [5.41, 5.74) is 10.5. The number of para-hydroxylation sites is 1. The highest BCUT2D eigenvalue weighted by molar-refractivity contribution is 5.98. The number of hydrogen-bond acceptors (Lipinski definition) is 9. The fourth-order valence-electron chi connectivity index (χ4n) is 5.70. The summed E-state index contributed by atoms with van der Waals surface area (Å²) in [6, 6.07) is 21.9. The first-order valence-electron chi connectivity index (χ1n) is 14.8. The first-order valence-corrected chi connectivity index (χ1v) is 14.8. The highest BCUT2D eigenvalue weighted by atomic mass is 16.5. The molecule has 0 atom stereocenters. The Kier molecular flexibility index (Phi) is 8.58. The van der Waals surface area contributed by atoms with Crippen LogP contribution in [0.3, 0.4) is 0 Å². The molecule has 0 radical (unpaired) electrons. The van der Waals surface area contributed by atoms with E-state index in [1.165, 1.54) is 6.33 Å². The molecule has 0 spiro atoms. The minimum atomic E-state index is -0.337. The zero-order chi connectivity index (χ0) is 31.3. The van der Waals surface area contributed by atoms with E-state index < -0.39 is 0 Å². The van der Waals surface area contributed by atoms with Crippen LogP contribution in [0.5, 0.6) is 11.5 Å². The van der Waals surface area contributed by atoms with Gasteiger partial charge in [-0.05, 0) is 67.6 Å². The molecule has 5 aromatic rings. The van der Waals surface area contributed by atoms with Gasteiger partial charge in [-0.1, -0.05) is 36.4 Å². The number of carbonyl (C=O) groups excluding carboxylic acids is 2. The zero-order valence-corrected chi connectivity index (χ0v) is 25.1. The summed E-state index contributed by atoms with van der Waals surface area (Å²) in [6.45, 7) is 0.351. The number of anilines is 1. The van der Waals surface area contributed by atoms with Crippen LogP contribution < -0.4 is 20.5 Å². The number of nitrogens with two attached hydrogens (primary N) is 1. The Labute approximate surface area is 260 Å². The van der Waals surface area contributed by atoms with E-state index >= 15 is 0 Å². The van der Waals surface area contributed by atoms with Gasteiger partial charge in [0.05, 0.1) is 36.8 Å². The van der Waals surface area contributed by atoms with Crippen LogP contribution in [0, 0.1) is 0 Å². The van der Waals surface area contributed by atoms with Crippen molar-refractivity contribution in [2.45, 2.75) is 44.4 Å². The second kappa shape index (κ2) is 13.0. The number of esters is 1. The number of carbonyl (C=O) groups is 2. The van der Waals surface area contributed by atoms with Crippen molar-refractivity contribution in [1.82, 2.24) is 25.1 Å². The van der Waals surface area contributed by atoms with E-state index in [0.717, 1.165) is 24.0 Å². The molecule has 230 valence electrons.